The molecule has 11 nitrogen and oxygen atoms in total. The summed E-state index contributed by atoms with van der Waals surface area (Å²) in [5.74, 6) is -0.220. The van der Waals surface area contributed by atoms with E-state index in [2.05, 4.69) is 21.2 Å². The number of carboxylic acid groups (broad SMARTS) is 1. The highest BCUT2D eigenvalue weighted by Crippen LogP contribution is 2.62. The first kappa shape index (κ1) is 35.7. The van der Waals surface area contributed by atoms with Gasteiger partial charge in [-0.05, 0) is 111 Å². The van der Waals surface area contributed by atoms with Crippen molar-refractivity contribution in [2.75, 3.05) is 31.5 Å². The van der Waals surface area contributed by atoms with Gasteiger partial charge in [0.05, 0.1) is 27.4 Å². The molecular formula is C43H44ClN7O4. The number of nitrogens with one attached hydrogen (secondary N) is 1. The van der Waals surface area contributed by atoms with Crippen molar-refractivity contribution in [3.05, 3.63) is 87.5 Å². The number of carbonyl (C=O) groups excluding carboxylic acids is 1. The molecule has 9 rings (SSSR count). The fourth-order valence-corrected chi connectivity index (χ4v) is 10.3. The van der Waals surface area contributed by atoms with Crippen LogP contribution in [0.4, 0.5) is 5.69 Å². The molecule has 4 aliphatic rings. The molecule has 0 unspecified atom stereocenters. The molecule has 2 aliphatic carbocycles. The average Bonchev–Trinajstić information content (AvgIpc) is 4.02. The Bertz CT molecular complexity index is 2410. The lowest BCUT2D eigenvalue weighted by molar-refractivity contribution is -0.148. The molecule has 1 saturated heterocycles. The lowest BCUT2D eigenvalue weighted by Crippen LogP contribution is -2.39. The Morgan fingerprint density at radius 3 is 2.49 bits per heavy atom. The minimum atomic E-state index is -0.639. The molecule has 2 saturated carbocycles. The number of hydrogen-bond acceptors (Lipinski definition) is 8. The molecule has 0 radical (unpaired) electrons. The standard InChI is InChI=1S/C43H44ClN7O4/c1-26-29(7-5-8-30(26)40-48-33-20-27(22-50-16-3-4-17-50)19-28(21-45)37(33)55-40)31-9-6-10-32(36(31)44)47-39(52)38-46-34-23-51(18-11-35(34)49(38)2)25-42-12-14-43(24-42,15-13-42)41(53)54/h5-10,19-20H,3-4,11-18,22-25H2,1-2H3,(H,47,52)(H,53,54). The van der Waals surface area contributed by atoms with Gasteiger partial charge < -0.3 is 19.4 Å². The molecule has 2 aromatic heterocycles. The van der Waals surface area contributed by atoms with Crippen LogP contribution in [-0.2, 0) is 31.4 Å². The first-order valence-corrected chi connectivity index (χ1v) is 19.7. The summed E-state index contributed by atoms with van der Waals surface area (Å²) in [6.45, 7) is 7.27. The van der Waals surface area contributed by atoms with Crippen LogP contribution in [0, 0.1) is 29.1 Å². The summed E-state index contributed by atoms with van der Waals surface area (Å²) in [5.41, 5.74) is 7.92. The molecular weight excluding hydrogens is 714 g/mol. The van der Waals surface area contributed by atoms with E-state index in [1.807, 2.05) is 61.0 Å². The second-order valence-electron chi connectivity index (χ2n) is 16.3. The molecule has 12 heteroatoms. The lowest BCUT2D eigenvalue weighted by Gasteiger charge is -2.35. The molecule has 2 N–H and O–H groups in total. The van der Waals surface area contributed by atoms with E-state index >= 15 is 0 Å². The highest BCUT2D eigenvalue weighted by atomic mass is 35.5. The predicted octanol–water partition coefficient (Wildman–Crippen LogP) is 7.97. The SMILES string of the molecule is Cc1c(-c2nc3cc(CN4CCCC4)cc(C#N)c3o2)cccc1-c1cccc(NC(=O)c2nc3c(n2C)CCN(CC24CCC(C(=O)O)(CC2)C4)C3)c1Cl. The van der Waals surface area contributed by atoms with Gasteiger partial charge in [0.15, 0.2) is 11.4 Å². The van der Waals surface area contributed by atoms with E-state index in [-0.39, 0.29) is 11.3 Å². The summed E-state index contributed by atoms with van der Waals surface area (Å²) in [4.78, 5) is 40.3. The van der Waals surface area contributed by atoms with Gasteiger partial charge in [-0.2, -0.15) is 5.26 Å². The fraction of sp³-hybridized carbons (Fsp3) is 0.419. The summed E-state index contributed by atoms with van der Waals surface area (Å²) in [7, 11) is 1.89. The average molecular weight is 758 g/mol. The number of nitriles is 1. The number of halogens is 1. The Balaban J connectivity index is 0.938. The Labute approximate surface area is 324 Å². The maximum Gasteiger partial charge on any atom is 0.309 e. The number of likely N-dealkylation sites (tertiary alicyclic amines) is 1. The number of carbonyl (C=O) groups is 2. The molecule has 4 heterocycles. The third-order valence-electron chi connectivity index (χ3n) is 12.9. The van der Waals surface area contributed by atoms with Crippen LogP contribution >= 0.6 is 11.6 Å². The Kier molecular flexibility index (Phi) is 8.83. The van der Waals surface area contributed by atoms with E-state index in [1.54, 1.807) is 6.07 Å². The molecule has 55 heavy (non-hydrogen) atoms. The molecule has 0 atom stereocenters. The van der Waals surface area contributed by atoms with Crippen molar-refractivity contribution < 1.29 is 19.1 Å². The van der Waals surface area contributed by atoms with Crippen molar-refractivity contribution in [1.29, 1.82) is 5.26 Å². The molecule has 1 amide bonds. The number of fused-ring (bicyclic) bond motifs is 4. The number of imidazole rings is 1. The van der Waals surface area contributed by atoms with E-state index in [9.17, 15) is 20.0 Å². The number of hydrogen-bond donors (Lipinski definition) is 2. The number of amides is 1. The van der Waals surface area contributed by atoms with Crippen LogP contribution in [0.5, 0.6) is 0 Å². The van der Waals surface area contributed by atoms with Gasteiger partial charge in [-0.15, -0.1) is 0 Å². The zero-order valence-electron chi connectivity index (χ0n) is 31.3. The Morgan fingerprint density at radius 2 is 1.75 bits per heavy atom. The number of nitrogens with zero attached hydrogens (tertiary/aromatic N) is 6. The van der Waals surface area contributed by atoms with Crippen molar-refractivity contribution in [2.45, 2.75) is 71.4 Å². The van der Waals surface area contributed by atoms with Crippen molar-refractivity contribution in [3.63, 3.8) is 0 Å². The van der Waals surface area contributed by atoms with Crippen LogP contribution in [0.25, 0.3) is 33.7 Å². The summed E-state index contributed by atoms with van der Waals surface area (Å²) in [6.07, 6.45) is 7.39. The van der Waals surface area contributed by atoms with Crippen LogP contribution < -0.4 is 5.32 Å². The quantitative estimate of drug-likeness (QED) is 0.153. The maximum absolute atomic E-state index is 13.8. The van der Waals surface area contributed by atoms with Crippen LogP contribution in [0.1, 0.15) is 83.6 Å². The van der Waals surface area contributed by atoms with Gasteiger partial charge in [0, 0.05) is 56.5 Å². The van der Waals surface area contributed by atoms with Crippen molar-refractivity contribution in [1.82, 2.24) is 24.3 Å². The highest BCUT2D eigenvalue weighted by Gasteiger charge is 2.58. The first-order chi connectivity index (χ1) is 26.5. The number of oxazole rings is 1. The van der Waals surface area contributed by atoms with Crippen LogP contribution in [-0.4, -0.2) is 67.5 Å². The van der Waals surface area contributed by atoms with Gasteiger partial charge in [-0.3, -0.25) is 19.4 Å². The van der Waals surface area contributed by atoms with Crippen LogP contribution in [0.3, 0.4) is 0 Å². The molecule has 2 bridgehead atoms. The highest BCUT2D eigenvalue weighted by molar-refractivity contribution is 6.36. The van der Waals surface area contributed by atoms with Gasteiger partial charge in [0.2, 0.25) is 5.89 Å². The molecule has 0 spiro atoms. The van der Waals surface area contributed by atoms with Crippen LogP contribution in [0.2, 0.25) is 5.02 Å². The van der Waals surface area contributed by atoms with E-state index in [0.717, 1.165) is 110 Å². The third-order valence-corrected chi connectivity index (χ3v) is 13.3. The first-order valence-electron chi connectivity index (χ1n) is 19.3. The van der Waals surface area contributed by atoms with Gasteiger partial charge in [-0.25, -0.2) is 9.97 Å². The topological polar surface area (TPSA) is 141 Å². The molecule has 3 aromatic carbocycles. The minimum Gasteiger partial charge on any atom is -0.481 e. The van der Waals surface area contributed by atoms with Crippen LogP contribution in [0.15, 0.2) is 52.9 Å². The summed E-state index contributed by atoms with van der Waals surface area (Å²) in [6, 6.07) is 17.7. The van der Waals surface area contributed by atoms with E-state index in [0.29, 0.717) is 45.6 Å². The minimum absolute atomic E-state index is 0.0604. The number of rotatable bonds is 9. The maximum atomic E-state index is 13.8. The molecule has 2 aliphatic heterocycles. The smallest absolute Gasteiger partial charge is 0.309 e. The normalized spacial score (nSPS) is 22.3. The molecule has 5 aromatic rings. The van der Waals surface area contributed by atoms with Crippen molar-refractivity contribution >= 4 is 40.3 Å². The second kappa shape index (κ2) is 13.6. The lowest BCUT2D eigenvalue weighted by atomic mass is 9.81. The van der Waals surface area contributed by atoms with Gasteiger partial charge in [0.25, 0.3) is 5.91 Å². The largest absolute Gasteiger partial charge is 0.481 e. The number of aliphatic carboxylic acids is 1. The second-order valence-corrected chi connectivity index (χ2v) is 16.7. The zero-order valence-corrected chi connectivity index (χ0v) is 32.0. The summed E-state index contributed by atoms with van der Waals surface area (Å²) >= 11 is 7.07. The van der Waals surface area contributed by atoms with Crippen molar-refractivity contribution in [3.8, 4) is 28.7 Å². The fourth-order valence-electron chi connectivity index (χ4n) is 9.98. The summed E-state index contributed by atoms with van der Waals surface area (Å²) < 4.78 is 8.16. The Morgan fingerprint density at radius 1 is 1.00 bits per heavy atom. The zero-order chi connectivity index (χ0) is 38.1. The predicted molar refractivity (Wildman–Crippen MR) is 210 cm³/mol. The number of anilines is 1. The molecule has 282 valence electrons. The van der Waals surface area contributed by atoms with E-state index in [4.69, 9.17) is 26.0 Å². The monoisotopic (exact) mass is 757 g/mol. The van der Waals surface area contributed by atoms with Gasteiger partial charge >= 0.3 is 5.97 Å². The van der Waals surface area contributed by atoms with Crippen molar-refractivity contribution in [2.24, 2.45) is 17.9 Å². The van der Waals surface area contributed by atoms with Gasteiger partial charge in [0.1, 0.15) is 11.6 Å². The number of aromatic nitrogens is 3. The number of carboxylic acids is 1. The number of benzene rings is 3. The third kappa shape index (κ3) is 6.21. The van der Waals surface area contributed by atoms with E-state index in [1.165, 1.54) is 12.8 Å². The van der Waals surface area contributed by atoms with E-state index < -0.39 is 11.4 Å². The van der Waals surface area contributed by atoms with Gasteiger partial charge in [-0.1, -0.05) is 35.9 Å². The molecule has 3 fully saturated rings. The Hall–Kier alpha value is -5.02. The summed E-state index contributed by atoms with van der Waals surface area (Å²) in [5, 5.41) is 23.3.